The van der Waals surface area contributed by atoms with Gasteiger partial charge in [0.05, 0.1) is 31.6 Å². The van der Waals surface area contributed by atoms with Crippen molar-refractivity contribution in [2.24, 2.45) is 0 Å². The predicted octanol–water partition coefficient (Wildman–Crippen LogP) is 2.24. The first kappa shape index (κ1) is 16.9. The third-order valence-electron chi connectivity index (χ3n) is 4.72. The predicted molar refractivity (Wildman–Crippen MR) is 99.0 cm³/mol. The zero-order valence-corrected chi connectivity index (χ0v) is 15.2. The van der Waals surface area contributed by atoms with Crippen LogP contribution in [0.1, 0.15) is 13.8 Å². The van der Waals surface area contributed by atoms with Crippen LogP contribution in [0, 0.1) is 0 Å². The fourth-order valence-corrected chi connectivity index (χ4v) is 3.23. The highest BCUT2D eigenvalue weighted by atomic mass is 16.5. The molecule has 1 saturated heterocycles. The highest BCUT2D eigenvalue weighted by Gasteiger charge is 2.22. The summed E-state index contributed by atoms with van der Waals surface area (Å²) in [5.74, 6) is 0.801. The second-order valence-electron chi connectivity index (χ2n) is 6.89. The monoisotopic (exact) mass is 352 g/mol. The normalized spacial score (nSPS) is 18.5. The van der Waals surface area contributed by atoms with Crippen LogP contribution in [0.3, 0.4) is 0 Å². The Labute approximate surface area is 153 Å². The second-order valence-corrected chi connectivity index (χ2v) is 6.89. The summed E-state index contributed by atoms with van der Waals surface area (Å²) < 4.78 is 9.65. The lowest BCUT2D eigenvalue weighted by Gasteiger charge is -2.35. The topological polar surface area (TPSA) is 61.0 Å². The number of hydrogen-bond acceptors (Lipinski definition) is 5. The molecule has 7 nitrogen and oxygen atoms in total. The van der Waals surface area contributed by atoms with E-state index in [0.29, 0.717) is 6.04 Å². The van der Waals surface area contributed by atoms with Gasteiger partial charge in [0.25, 0.3) is 0 Å². The first-order valence-electron chi connectivity index (χ1n) is 9.03. The molecule has 0 saturated carbocycles. The summed E-state index contributed by atoms with van der Waals surface area (Å²) in [5, 5.41) is 8.91. The van der Waals surface area contributed by atoms with Gasteiger partial charge in [0.1, 0.15) is 0 Å². The summed E-state index contributed by atoms with van der Waals surface area (Å²) >= 11 is 0. The maximum atomic E-state index is 5.91. The molecule has 0 radical (unpaired) electrons. The van der Waals surface area contributed by atoms with E-state index in [2.05, 4.69) is 40.1 Å². The van der Waals surface area contributed by atoms with Crippen molar-refractivity contribution >= 4 is 0 Å². The Balaban J connectivity index is 1.44. The molecule has 7 heteroatoms. The molecule has 4 heterocycles. The van der Waals surface area contributed by atoms with E-state index in [1.807, 2.05) is 41.5 Å². The maximum absolute atomic E-state index is 5.91. The van der Waals surface area contributed by atoms with Crippen molar-refractivity contribution in [3.8, 4) is 16.9 Å². The molecule has 1 unspecified atom stereocenters. The van der Waals surface area contributed by atoms with Crippen LogP contribution in [-0.2, 0) is 11.3 Å². The Hall–Kier alpha value is -2.51. The van der Waals surface area contributed by atoms with Crippen LogP contribution in [0.5, 0.6) is 0 Å². The molecular weight excluding hydrogens is 328 g/mol. The van der Waals surface area contributed by atoms with Crippen LogP contribution in [0.4, 0.5) is 0 Å². The quantitative estimate of drug-likeness (QED) is 0.705. The Morgan fingerprint density at radius 3 is 2.81 bits per heavy atom. The van der Waals surface area contributed by atoms with E-state index in [0.717, 1.165) is 43.2 Å². The average Bonchev–Trinajstić information content (AvgIpc) is 3.32. The van der Waals surface area contributed by atoms with Crippen molar-refractivity contribution in [3.05, 3.63) is 49.2 Å². The van der Waals surface area contributed by atoms with Gasteiger partial charge >= 0.3 is 0 Å². The van der Waals surface area contributed by atoms with Gasteiger partial charge in [-0.15, -0.1) is 0 Å². The summed E-state index contributed by atoms with van der Waals surface area (Å²) in [4.78, 5) is 6.77. The SMILES string of the molecule is CC(C)N1CCOC(Cn2cc(-c3cnn(-c4ccccn4)c3)cn2)C1. The molecule has 136 valence electrons. The summed E-state index contributed by atoms with van der Waals surface area (Å²) in [5.41, 5.74) is 2.07. The molecule has 0 aliphatic carbocycles. The van der Waals surface area contributed by atoms with Gasteiger partial charge in [0.15, 0.2) is 5.82 Å². The fraction of sp³-hybridized carbons (Fsp3) is 0.421. The highest BCUT2D eigenvalue weighted by molar-refractivity contribution is 5.60. The Kier molecular flexibility index (Phi) is 4.81. The van der Waals surface area contributed by atoms with Crippen LogP contribution in [-0.4, -0.2) is 61.3 Å². The Morgan fingerprint density at radius 2 is 2.00 bits per heavy atom. The molecule has 0 aromatic carbocycles. The number of ether oxygens (including phenoxy) is 1. The Morgan fingerprint density at radius 1 is 1.15 bits per heavy atom. The minimum atomic E-state index is 0.176. The van der Waals surface area contributed by atoms with Gasteiger partial charge < -0.3 is 4.74 Å². The number of rotatable bonds is 5. The lowest BCUT2D eigenvalue weighted by molar-refractivity contribution is -0.0469. The van der Waals surface area contributed by atoms with Crippen molar-refractivity contribution in [3.63, 3.8) is 0 Å². The molecule has 4 rings (SSSR count). The van der Waals surface area contributed by atoms with E-state index in [1.54, 1.807) is 10.9 Å². The van der Waals surface area contributed by atoms with E-state index < -0.39 is 0 Å². The van der Waals surface area contributed by atoms with Crippen molar-refractivity contribution in [1.82, 2.24) is 29.4 Å². The number of pyridine rings is 1. The molecule has 26 heavy (non-hydrogen) atoms. The highest BCUT2D eigenvalue weighted by Crippen LogP contribution is 2.19. The third-order valence-corrected chi connectivity index (χ3v) is 4.72. The molecular formula is C19H24N6O. The van der Waals surface area contributed by atoms with E-state index in [9.17, 15) is 0 Å². The summed E-state index contributed by atoms with van der Waals surface area (Å²) in [6.45, 7) is 7.96. The Bertz CT molecular complexity index is 841. The van der Waals surface area contributed by atoms with Crippen LogP contribution in [0.25, 0.3) is 16.9 Å². The number of aromatic nitrogens is 5. The molecule has 1 atom stereocenters. The number of hydrogen-bond donors (Lipinski definition) is 0. The second kappa shape index (κ2) is 7.39. The smallest absolute Gasteiger partial charge is 0.153 e. The van der Waals surface area contributed by atoms with Crippen LogP contribution >= 0.6 is 0 Å². The van der Waals surface area contributed by atoms with Crippen LogP contribution in [0.2, 0.25) is 0 Å². The zero-order chi connectivity index (χ0) is 17.9. The molecule has 1 aliphatic heterocycles. The maximum Gasteiger partial charge on any atom is 0.153 e. The molecule has 1 aliphatic rings. The molecule has 1 fully saturated rings. The fourth-order valence-electron chi connectivity index (χ4n) is 3.23. The average molecular weight is 352 g/mol. The van der Waals surface area contributed by atoms with Gasteiger partial charge in [-0.3, -0.25) is 9.58 Å². The summed E-state index contributed by atoms with van der Waals surface area (Å²) in [6, 6.07) is 6.33. The van der Waals surface area contributed by atoms with E-state index in [1.165, 1.54) is 0 Å². The van der Waals surface area contributed by atoms with Crippen molar-refractivity contribution in [2.45, 2.75) is 32.5 Å². The number of nitrogens with zero attached hydrogens (tertiary/aromatic N) is 6. The van der Waals surface area contributed by atoms with Gasteiger partial charge in [-0.1, -0.05) is 6.07 Å². The zero-order valence-electron chi connectivity index (χ0n) is 15.2. The standard InChI is InChI=1S/C19H24N6O/c1-15(2)23-7-8-26-18(13-23)14-24-11-16(9-21-24)17-10-22-25(12-17)19-5-3-4-6-20-19/h3-6,9-12,15,18H,7-8,13-14H2,1-2H3. The lowest BCUT2D eigenvalue weighted by Crippen LogP contribution is -2.47. The summed E-state index contributed by atoms with van der Waals surface area (Å²) in [6.07, 6.45) is 9.68. The molecule has 0 amide bonds. The third kappa shape index (κ3) is 3.68. The molecule has 3 aromatic heterocycles. The van der Waals surface area contributed by atoms with Crippen molar-refractivity contribution < 1.29 is 4.74 Å². The molecule has 0 spiro atoms. The van der Waals surface area contributed by atoms with Gasteiger partial charge in [-0.05, 0) is 26.0 Å². The van der Waals surface area contributed by atoms with Gasteiger partial charge in [0.2, 0.25) is 0 Å². The first-order valence-corrected chi connectivity index (χ1v) is 9.03. The lowest BCUT2D eigenvalue weighted by atomic mass is 10.2. The van der Waals surface area contributed by atoms with E-state index in [4.69, 9.17) is 4.74 Å². The van der Waals surface area contributed by atoms with Crippen molar-refractivity contribution in [1.29, 1.82) is 0 Å². The van der Waals surface area contributed by atoms with Crippen LogP contribution in [0.15, 0.2) is 49.2 Å². The molecule has 0 bridgehead atoms. The van der Waals surface area contributed by atoms with Gasteiger partial charge in [-0.2, -0.15) is 10.2 Å². The van der Waals surface area contributed by atoms with E-state index >= 15 is 0 Å². The van der Waals surface area contributed by atoms with Gasteiger partial charge in [0, 0.05) is 48.8 Å². The number of morpholine rings is 1. The van der Waals surface area contributed by atoms with Crippen LogP contribution < -0.4 is 0 Å². The minimum Gasteiger partial charge on any atom is -0.374 e. The first-order chi connectivity index (χ1) is 12.7. The largest absolute Gasteiger partial charge is 0.374 e. The molecule has 0 N–H and O–H groups in total. The minimum absolute atomic E-state index is 0.176. The van der Waals surface area contributed by atoms with Crippen molar-refractivity contribution in [2.75, 3.05) is 19.7 Å². The summed E-state index contributed by atoms with van der Waals surface area (Å²) in [7, 11) is 0. The van der Waals surface area contributed by atoms with E-state index in [-0.39, 0.29) is 6.10 Å². The molecule has 3 aromatic rings. The van der Waals surface area contributed by atoms with Gasteiger partial charge in [-0.25, -0.2) is 9.67 Å².